The molecular weight excluding hydrogens is 304 g/mol. The van der Waals surface area contributed by atoms with Crippen LogP contribution in [0.1, 0.15) is 18.4 Å². The molecule has 2 unspecified atom stereocenters. The van der Waals surface area contributed by atoms with E-state index in [0.717, 1.165) is 0 Å². The van der Waals surface area contributed by atoms with Crippen molar-refractivity contribution in [3.63, 3.8) is 0 Å². The van der Waals surface area contributed by atoms with Crippen molar-refractivity contribution in [2.24, 2.45) is 5.92 Å². The summed E-state index contributed by atoms with van der Waals surface area (Å²) in [7, 11) is 0. The van der Waals surface area contributed by atoms with Gasteiger partial charge in [-0.3, -0.25) is 9.59 Å². The Balaban J connectivity index is 2.03. The number of carbonyl (C=O) groups is 2. The predicted molar refractivity (Wildman–Crippen MR) is 70.5 cm³/mol. The number of hydrogen-bond donors (Lipinski definition) is 2. The number of hydrogen-bond acceptors (Lipinski definition) is 2. The lowest BCUT2D eigenvalue weighted by Gasteiger charge is -2.29. The van der Waals surface area contributed by atoms with E-state index in [9.17, 15) is 27.2 Å². The van der Waals surface area contributed by atoms with Crippen molar-refractivity contribution < 1.29 is 27.2 Å². The summed E-state index contributed by atoms with van der Waals surface area (Å²) in [6, 6.07) is 2.16. The van der Waals surface area contributed by atoms with Crippen molar-refractivity contribution in [1.82, 2.24) is 5.32 Å². The highest BCUT2D eigenvalue weighted by atomic mass is 19.4. The Kier molecular flexibility index (Phi) is 4.39. The third-order valence-electron chi connectivity index (χ3n) is 3.47. The van der Waals surface area contributed by atoms with Crippen LogP contribution in [-0.4, -0.2) is 24.0 Å². The molecule has 2 amide bonds. The molecule has 1 aromatic rings. The van der Waals surface area contributed by atoms with Crippen LogP contribution in [0.2, 0.25) is 0 Å². The van der Waals surface area contributed by atoms with Crippen molar-refractivity contribution in [3.8, 4) is 0 Å². The van der Waals surface area contributed by atoms with Gasteiger partial charge in [-0.05, 0) is 37.5 Å². The van der Waals surface area contributed by atoms with Gasteiger partial charge in [0, 0.05) is 0 Å². The van der Waals surface area contributed by atoms with E-state index in [1.807, 2.05) is 0 Å². The normalized spacial score (nSPS) is 22.1. The van der Waals surface area contributed by atoms with Crippen LogP contribution in [0.5, 0.6) is 0 Å². The highest BCUT2D eigenvalue weighted by Gasteiger charge is 2.45. The molecule has 1 aliphatic heterocycles. The Morgan fingerprint density at radius 2 is 2.00 bits per heavy atom. The van der Waals surface area contributed by atoms with Crippen LogP contribution in [0.4, 0.5) is 23.2 Å². The summed E-state index contributed by atoms with van der Waals surface area (Å²) < 4.78 is 51.2. The Morgan fingerprint density at radius 3 is 2.55 bits per heavy atom. The van der Waals surface area contributed by atoms with Crippen LogP contribution >= 0.6 is 0 Å². The van der Waals surface area contributed by atoms with Crippen LogP contribution in [-0.2, 0) is 9.59 Å². The van der Waals surface area contributed by atoms with Gasteiger partial charge in [0.05, 0.1) is 5.69 Å². The highest BCUT2D eigenvalue weighted by Crippen LogP contribution is 2.29. The molecule has 2 rings (SSSR count). The second kappa shape index (κ2) is 5.94. The van der Waals surface area contributed by atoms with E-state index in [2.05, 4.69) is 5.32 Å². The largest absolute Gasteiger partial charge is 0.408 e. The van der Waals surface area contributed by atoms with Crippen LogP contribution in [0.25, 0.3) is 0 Å². The van der Waals surface area contributed by atoms with Gasteiger partial charge in [-0.2, -0.15) is 13.2 Å². The van der Waals surface area contributed by atoms with Gasteiger partial charge in [-0.15, -0.1) is 0 Å². The number of aryl methyl sites for hydroxylation is 1. The van der Waals surface area contributed by atoms with Crippen molar-refractivity contribution >= 4 is 17.5 Å². The Labute approximate surface area is 123 Å². The van der Waals surface area contributed by atoms with E-state index in [0.29, 0.717) is 5.56 Å². The molecule has 4 nitrogen and oxygen atoms in total. The minimum absolute atomic E-state index is 0.110. The third kappa shape index (κ3) is 3.55. The third-order valence-corrected chi connectivity index (χ3v) is 3.47. The zero-order valence-electron chi connectivity index (χ0n) is 11.6. The smallest absolute Gasteiger partial charge is 0.344 e. The number of halogens is 4. The van der Waals surface area contributed by atoms with Crippen molar-refractivity contribution in [1.29, 1.82) is 0 Å². The molecule has 0 bridgehead atoms. The Hall–Kier alpha value is -2.12. The maximum Gasteiger partial charge on any atom is 0.408 e. The molecule has 0 aliphatic carbocycles. The van der Waals surface area contributed by atoms with Gasteiger partial charge in [0.2, 0.25) is 11.8 Å². The van der Waals surface area contributed by atoms with Crippen molar-refractivity contribution in [2.75, 3.05) is 5.32 Å². The molecule has 2 atom stereocenters. The van der Waals surface area contributed by atoms with Gasteiger partial charge in [-0.25, -0.2) is 4.39 Å². The first-order valence-corrected chi connectivity index (χ1v) is 6.62. The highest BCUT2D eigenvalue weighted by molar-refractivity contribution is 6.06. The summed E-state index contributed by atoms with van der Waals surface area (Å²) in [5, 5.41) is 4.01. The topological polar surface area (TPSA) is 58.2 Å². The Bertz CT molecular complexity index is 601. The number of alkyl halides is 3. The standard InChI is InChI=1S/C14H14F4N2O2/c1-7-2-4-10(9(15)6-7)19-12(21)8-3-5-11(14(16,17)18)20-13(8)22/h2,4,6,8,11H,3,5H2,1H3,(H,19,21)(H,20,22). The molecular formula is C14H14F4N2O2. The monoisotopic (exact) mass is 318 g/mol. The van der Waals surface area contributed by atoms with E-state index in [1.165, 1.54) is 12.1 Å². The lowest BCUT2D eigenvalue weighted by atomic mass is 9.92. The van der Waals surface area contributed by atoms with E-state index >= 15 is 0 Å². The number of carbonyl (C=O) groups excluding carboxylic acids is 2. The fourth-order valence-electron chi connectivity index (χ4n) is 2.25. The first-order valence-electron chi connectivity index (χ1n) is 6.62. The van der Waals surface area contributed by atoms with E-state index in [4.69, 9.17) is 0 Å². The van der Waals surface area contributed by atoms with Gasteiger partial charge >= 0.3 is 6.18 Å². The van der Waals surface area contributed by atoms with Crippen LogP contribution in [0.15, 0.2) is 18.2 Å². The molecule has 0 aromatic heterocycles. The molecule has 1 aromatic carbocycles. The molecule has 8 heteroatoms. The zero-order valence-corrected chi connectivity index (χ0v) is 11.6. The number of piperidine rings is 1. The van der Waals surface area contributed by atoms with E-state index < -0.39 is 35.8 Å². The fraction of sp³-hybridized carbons (Fsp3) is 0.429. The first-order chi connectivity index (χ1) is 10.2. The summed E-state index contributed by atoms with van der Waals surface area (Å²) in [5.74, 6) is -3.75. The lowest BCUT2D eigenvalue weighted by molar-refractivity contribution is -0.170. The van der Waals surface area contributed by atoms with Gasteiger partial charge in [0.15, 0.2) is 0 Å². The SMILES string of the molecule is Cc1ccc(NC(=O)C2CCC(C(F)(F)F)NC2=O)c(F)c1. The predicted octanol–water partition coefficient (Wildman–Crippen LogP) is 2.53. The number of benzene rings is 1. The number of amides is 2. The van der Waals surface area contributed by atoms with Gasteiger partial charge in [0.1, 0.15) is 17.8 Å². The molecule has 0 saturated carbocycles. The molecule has 1 saturated heterocycles. The summed E-state index contributed by atoms with van der Waals surface area (Å²) in [5.41, 5.74) is 0.542. The average Bonchev–Trinajstić information content (AvgIpc) is 2.40. The van der Waals surface area contributed by atoms with E-state index in [1.54, 1.807) is 18.3 Å². The number of nitrogens with one attached hydrogen (secondary N) is 2. The molecule has 1 heterocycles. The van der Waals surface area contributed by atoms with Crippen molar-refractivity contribution in [2.45, 2.75) is 32.0 Å². The summed E-state index contributed by atoms with van der Waals surface area (Å²) in [4.78, 5) is 23.6. The quantitative estimate of drug-likeness (QED) is 0.650. The lowest BCUT2D eigenvalue weighted by Crippen LogP contribution is -2.53. The molecule has 120 valence electrons. The second-order valence-electron chi connectivity index (χ2n) is 5.21. The summed E-state index contributed by atoms with van der Waals surface area (Å²) >= 11 is 0. The van der Waals surface area contributed by atoms with Gasteiger partial charge in [0.25, 0.3) is 0 Å². The summed E-state index contributed by atoms with van der Waals surface area (Å²) in [6.07, 6.45) is -5.17. The van der Waals surface area contributed by atoms with Gasteiger partial charge < -0.3 is 10.6 Å². The molecule has 22 heavy (non-hydrogen) atoms. The fourth-order valence-corrected chi connectivity index (χ4v) is 2.25. The maximum atomic E-state index is 13.6. The first kappa shape index (κ1) is 16.3. The molecule has 1 aliphatic rings. The van der Waals surface area contributed by atoms with Crippen LogP contribution < -0.4 is 10.6 Å². The van der Waals surface area contributed by atoms with Crippen LogP contribution in [0.3, 0.4) is 0 Å². The minimum atomic E-state index is -4.54. The number of rotatable bonds is 2. The van der Waals surface area contributed by atoms with E-state index in [-0.39, 0.29) is 18.5 Å². The average molecular weight is 318 g/mol. The molecule has 0 spiro atoms. The van der Waals surface area contributed by atoms with Crippen molar-refractivity contribution in [3.05, 3.63) is 29.6 Å². The number of anilines is 1. The maximum absolute atomic E-state index is 13.6. The minimum Gasteiger partial charge on any atom is -0.344 e. The van der Waals surface area contributed by atoms with Gasteiger partial charge in [-0.1, -0.05) is 6.07 Å². The summed E-state index contributed by atoms with van der Waals surface area (Å²) in [6.45, 7) is 1.67. The molecule has 2 N–H and O–H groups in total. The second-order valence-corrected chi connectivity index (χ2v) is 5.21. The zero-order chi connectivity index (χ0) is 16.5. The molecule has 0 radical (unpaired) electrons. The molecule has 1 fully saturated rings. The van der Waals surface area contributed by atoms with Crippen LogP contribution in [0, 0.1) is 18.7 Å². The Morgan fingerprint density at radius 1 is 1.32 bits per heavy atom.